The molecule has 1 amide bonds. The maximum absolute atomic E-state index is 11.3. The predicted octanol–water partition coefficient (Wildman–Crippen LogP) is 2.98. The Morgan fingerprint density at radius 3 is 2.35 bits per heavy atom. The highest BCUT2D eigenvalue weighted by Gasteiger charge is 2.23. The minimum Gasteiger partial charge on any atom is -0.470 e. The SMILES string of the molecule is O=C1N=COC1Cc1ccc(Oc2ccccc2)cc1. The molecule has 0 spiro atoms. The van der Waals surface area contributed by atoms with Gasteiger partial charge in [0, 0.05) is 6.42 Å². The van der Waals surface area contributed by atoms with Crippen molar-refractivity contribution in [2.45, 2.75) is 12.5 Å². The number of nitrogens with zero attached hydrogens (tertiary/aromatic N) is 1. The van der Waals surface area contributed by atoms with E-state index in [0.29, 0.717) is 6.42 Å². The number of carbonyl (C=O) groups excluding carboxylic acids is 1. The van der Waals surface area contributed by atoms with Crippen LogP contribution in [-0.4, -0.2) is 18.4 Å². The van der Waals surface area contributed by atoms with Crippen molar-refractivity contribution < 1.29 is 14.3 Å². The van der Waals surface area contributed by atoms with E-state index in [0.717, 1.165) is 17.1 Å². The third kappa shape index (κ3) is 2.85. The maximum Gasteiger partial charge on any atom is 0.289 e. The molecule has 0 saturated heterocycles. The summed E-state index contributed by atoms with van der Waals surface area (Å²) in [5, 5.41) is 0. The van der Waals surface area contributed by atoms with Gasteiger partial charge in [-0.1, -0.05) is 30.3 Å². The summed E-state index contributed by atoms with van der Waals surface area (Å²) in [7, 11) is 0. The zero-order valence-electron chi connectivity index (χ0n) is 10.7. The summed E-state index contributed by atoms with van der Waals surface area (Å²) in [6.07, 6.45) is 1.24. The molecule has 1 aliphatic rings. The Morgan fingerprint density at radius 2 is 1.70 bits per heavy atom. The van der Waals surface area contributed by atoms with Crippen LogP contribution < -0.4 is 4.74 Å². The molecule has 1 aliphatic heterocycles. The molecule has 1 atom stereocenters. The number of carbonyl (C=O) groups is 1. The van der Waals surface area contributed by atoms with Crippen molar-refractivity contribution in [3.8, 4) is 11.5 Å². The fourth-order valence-electron chi connectivity index (χ4n) is 1.96. The maximum atomic E-state index is 11.3. The minimum atomic E-state index is -0.490. The third-order valence-corrected chi connectivity index (χ3v) is 3.00. The van der Waals surface area contributed by atoms with E-state index in [1.165, 1.54) is 6.40 Å². The number of hydrogen-bond donors (Lipinski definition) is 0. The highest BCUT2D eigenvalue weighted by atomic mass is 16.5. The number of para-hydroxylation sites is 1. The number of ether oxygens (including phenoxy) is 2. The number of benzene rings is 2. The number of amides is 1. The van der Waals surface area contributed by atoms with Gasteiger partial charge in [-0.15, -0.1) is 0 Å². The normalized spacial score (nSPS) is 17.0. The molecule has 0 aliphatic carbocycles. The molecule has 2 aromatic rings. The van der Waals surface area contributed by atoms with Crippen molar-refractivity contribution >= 4 is 12.3 Å². The van der Waals surface area contributed by atoms with Crippen LogP contribution in [0.25, 0.3) is 0 Å². The van der Waals surface area contributed by atoms with E-state index >= 15 is 0 Å². The first kappa shape index (κ1) is 12.4. The van der Waals surface area contributed by atoms with Crippen LogP contribution in [0.15, 0.2) is 59.6 Å². The monoisotopic (exact) mass is 267 g/mol. The largest absolute Gasteiger partial charge is 0.470 e. The van der Waals surface area contributed by atoms with E-state index in [1.54, 1.807) is 0 Å². The molecule has 1 unspecified atom stereocenters. The molecular formula is C16H13NO3. The fraction of sp³-hybridized carbons (Fsp3) is 0.125. The molecule has 2 aromatic carbocycles. The van der Waals surface area contributed by atoms with Crippen LogP contribution in [0.3, 0.4) is 0 Å². The lowest BCUT2D eigenvalue weighted by Gasteiger charge is -2.09. The summed E-state index contributed by atoms with van der Waals surface area (Å²) < 4.78 is 10.8. The van der Waals surface area contributed by atoms with Gasteiger partial charge in [0.2, 0.25) is 0 Å². The highest BCUT2D eigenvalue weighted by Crippen LogP contribution is 2.22. The summed E-state index contributed by atoms with van der Waals surface area (Å²) in [5.41, 5.74) is 1.01. The highest BCUT2D eigenvalue weighted by molar-refractivity contribution is 5.91. The van der Waals surface area contributed by atoms with Gasteiger partial charge < -0.3 is 9.47 Å². The molecule has 0 bridgehead atoms. The number of hydrogen-bond acceptors (Lipinski definition) is 3. The Kier molecular flexibility index (Phi) is 3.46. The van der Waals surface area contributed by atoms with Gasteiger partial charge in [0.15, 0.2) is 12.5 Å². The molecule has 3 rings (SSSR count). The van der Waals surface area contributed by atoms with Gasteiger partial charge in [0.25, 0.3) is 5.91 Å². The standard InChI is InChI=1S/C16H13NO3/c18-16-15(19-11-17-16)10-12-6-8-14(9-7-12)20-13-4-2-1-3-5-13/h1-9,11,15H,10H2. The Morgan fingerprint density at radius 1 is 1.00 bits per heavy atom. The number of rotatable bonds is 4. The zero-order valence-corrected chi connectivity index (χ0v) is 10.7. The average molecular weight is 267 g/mol. The Balaban J connectivity index is 1.64. The molecular weight excluding hydrogens is 254 g/mol. The molecule has 0 radical (unpaired) electrons. The second kappa shape index (κ2) is 5.57. The van der Waals surface area contributed by atoms with Crippen LogP contribution in [0.5, 0.6) is 11.5 Å². The molecule has 4 heteroatoms. The summed E-state index contributed by atoms with van der Waals surface area (Å²) in [6, 6.07) is 17.2. The van der Waals surface area contributed by atoms with Crippen molar-refractivity contribution in [1.82, 2.24) is 0 Å². The molecule has 0 saturated carbocycles. The van der Waals surface area contributed by atoms with Crippen LogP contribution in [0.1, 0.15) is 5.56 Å². The van der Waals surface area contributed by atoms with Crippen LogP contribution in [0, 0.1) is 0 Å². The van der Waals surface area contributed by atoms with Gasteiger partial charge in [0.05, 0.1) is 0 Å². The van der Waals surface area contributed by atoms with Gasteiger partial charge in [-0.2, -0.15) is 4.99 Å². The smallest absolute Gasteiger partial charge is 0.289 e. The van der Waals surface area contributed by atoms with Gasteiger partial charge in [-0.25, -0.2) is 0 Å². The Labute approximate surface area is 116 Å². The Bertz CT molecular complexity index is 620. The van der Waals surface area contributed by atoms with E-state index in [4.69, 9.17) is 9.47 Å². The van der Waals surface area contributed by atoms with E-state index in [9.17, 15) is 4.79 Å². The van der Waals surface area contributed by atoms with Crippen LogP contribution in [0.2, 0.25) is 0 Å². The van der Waals surface area contributed by atoms with Gasteiger partial charge in [0.1, 0.15) is 11.5 Å². The van der Waals surface area contributed by atoms with E-state index in [1.807, 2.05) is 54.6 Å². The van der Waals surface area contributed by atoms with Crippen molar-refractivity contribution in [2.75, 3.05) is 0 Å². The Hall–Kier alpha value is -2.62. The third-order valence-electron chi connectivity index (χ3n) is 3.00. The first-order valence-corrected chi connectivity index (χ1v) is 6.35. The van der Waals surface area contributed by atoms with Gasteiger partial charge in [-0.3, -0.25) is 4.79 Å². The van der Waals surface area contributed by atoms with Crippen molar-refractivity contribution in [1.29, 1.82) is 0 Å². The van der Waals surface area contributed by atoms with Crippen molar-refractivity contribution in [2.24, 2.45) is 4.99 Å². The number of aliphatic imine (C=N–C) groups is 1. The minimum absolute atomic E-state index is 0.227. The summed E-state index contributed by atoms with van der Waals surface area (Å²) in [6.45, 7) is 0. The van der Waals surface area contributed by atoms with E-state index in [-0.39, 0.29) is 5.91 Å². The fourth-order valence-corrected chi connectivity index (χ4v) is 1.96. The lowest BCUT2D eigenvalue weighted by Crippen LogP contribution is -2.19. The molecule has 0 N–H and O–H groups in total. The second-order valence-electron chi connectivity index (χ2n) is 4.46. The molecule has 100 valence electrons. The lowest BCUT2D eigenvalue weighted by molar-refractivity contribution is -0.122. The van der Waals surface area contributed by atoms with Crippen molar-refractivity contribution in [3.05, 3.63) is 60.2 Å². The average Bonchev–Trinajstić information content (AvgIpc) is 2.88. The summed E-state index contributed by atoms with van der Waals surface area (Å²) in [5.74, 6) is 1.33. The van der Waals surface area contributed by atoms with Gasteiger partial charge >= 0.3 is 0 Å². The van der Waals surface area contributed by atoms with Crippen LogP contribution in [0.4, 0.5) is 0 Å². The lowest BCUT2D eigenvalue weighted by atomic mass is 10.1. The van der Waals surface area contributed by atoms with Crippen LogP contribution in [-0.2, 0) is 16.0 Å². The first-order valence-electron chi connectivity index (χ1n) is 6.35. The quantitative estimate of drug-likeness (QED) is 0.855. The van der Waals surface area contributed by atoms with Crippen molar-refractivity contribution in [3.63, 3.8) is 0 Å². The summed E-state index contributed by atoms with van der Waals surface area (Å²) in [4.78, 5) is 14.9. The molecule has 0 aromatic heterocycles. The molecule has 0 fully saturated rings. The zero-order chi connectivity index (χ0) is 13.8. The molecule has 20 heavy (non-hydrogen) atoms. The first-order chi connectivity index (χ1) is 9.81. The van der Waals surface area contributed by atoms with E-state index in [2.05, 4.69) is 4.99 Å². The predicted molar refractivity (Wildman–Crippen MR) is 75.0 cm³/mol. The molecule has 1 heterocycles. The second-order valence-corrected chi connectivity index (χ2v) is 4.46. The van der Waals surface area contributed by atoms with Gasteiger partial charge in [-0.05, 0) is 29.8 Å². The summed E-state index contributed by atoms with van der Waals surface area (Å²) >= 11 is 0. The van der Waals surface area contributed by atoms with E-state index < -0.39 is 6.10 Å². The topological polar surface area (TPSA) is 47.9 Å². The molecule has 4 nitrogen and oxygen atoms in total. The van der Waals surface area contributed by atoms with Crippen LogP contribution >= 0.6 is 0 Å².